The lowest BCUT2D eigenvalue weighted by Crippen LogP contribution is -2.41. The molecule has 0 aliphatic heterocycles. The van der Waals surface area contributed by atoms with Gasteiger partial charge in [-0.1, -0.05) is 36.8 Å². The zero-order valence-electron chi connectivity index (χ0n) is 15.2. The van der Waals surface area contributed by atoms with Crippen LogP contribution in [0.15, 0.2) is 30.3 Å². The molecule has 1 unspecified atom stereocenters. The summed E-state index contributed by atoms with van der Waals surface area (Å²) in [5, 5.41) is 2.65. The van der Waals surface area contributed by atoms with Gasteiger partial charge >= 0.3 is 5.97 Å². The summed E-state index contributed by atoms with van der Waals surface area (Å²) in [5.74, 6) is -1.20. The molecule has 1 atom stereocenters. The van der Waals surface area contributed by atoms with Gasteiger partial charge in [0.25, 0.3) is 0 Å². The van der Waals surface area contributed by atoms with Crippen molar-refractivity contribution in [3.8, 4) is 0 Å². The summed E-state index contributed by atoms with van der Waals surface area (Å²) in [4.78, 5) is 36.6. The van der Waals surface area contributed by atoms with E-state index in [2.05, 4.69) is 5.32 Å². The van der Waals surface area contributed by atoms with Crippen LogP contribution in [-0.4, -0.2) is 49.4 Å². The van der Waals surface area contributed by atoms with Crippen LogP contribution in [0.4, 0.5) is 0 Å². The SMILES string of the molecule is COC(=O)C(C)CN(CCNC(C)=O)C(=O)/C=C/c1ccc(C)cc1. The van der Waals surface area contributed by atoms with Gasteiger partial charge in [-0.05, 0) is 18.6 Å². The van der Waals surface area contributed by atoms with E-state index in [0.29, 0.717) is 13.1 Å². The van der Waals surface area contributed by atoms with Gasteiger partial charge < -0.3 is 15.0 Å². The minimum Gasteiger partial charge on any atom is -0.469 e. The Morgan fingerprint density at radius 3 is 2.44 bits per heavy atom. The number of nitrogens with one attached hydrogen (secondary N) is 1. The highest BCUT2D eigenvalue weighted by atomic mass is 16.5. The van der Waals surface area contributed by atoms with Gasteiger partial charge in [-0.3, -0.25) is 14.4 Å². The topological polar surface area (TPSA) is 75.7 Å². The molecule has 25 heavy (non-hydrogen) atoms. The molecule has 0 aliphatic rings. The maximum absolute atomic E-state index is 12.5. The van der Waals surface area contributed by atoms with Crippen molar-refractivity contribution in [2.75, 3.05) is 26.7 Å². The van der Waals surface area contributed by atoms with Crippen molar-refractivity contribution < 1.29 is 19.1 Å². The van der Waals surface area contributed by atoms with Crippen LogP contribution >= 0.6 is 0 Å². The minimum absolute atomic E-state index is 0.163. The predicted molar refractivity (Wildman–Crippen MR) is 96.7 cm³/mol. The summed E-state index contributed by atoms with van der Waals surface area (Å²) in [6.45, 7) is 5.99. The van der Waals surface area contributed by atoms with Gasteiger partial charge in [0.2, 0.25) is 11.8 Å². The van der Waals surface area contributed by atoms with E-state index in [9.17, 15) is 14.4 Å². The molecule has 6 nitrogen and oxygen atoms in total. The van der Waals surface area contributed by atoms with Gasteiger partial charge in [0.1, 0.15) is 0 Å². The number of esters is 1. The molecule has 1 rings (SSSR count). The fourth-order valence-electron chi connectivity index (χ4n) is 2.22. The highest BCUT2D eigenvalue weighted by Crippen LogP contribution is 2.07. The fourth-order valence-corrected chi connectivity index (χ4v) is 2.22. The van der Waals surface area contributed by atoms with Crippen molar-refractivity contribution in [3.05, 3.63) is 41.5 Å². The number of hydrogen-bond donors (Lipinski definition) is 1. The van der Waals surface area contributed by atoms with Gasteiger partial charge in [0, 0.05) is 32.6 Å². The summed E-state index contributed by atoms with van der Waals surface area (Å²) in [6.07, 6.45) is 3.21. The molecule has 0 saturated heterocycles. The van der Waals surface area contributed by atoms with Crippen molar-refractivity contribution in [2.45, 2.75) is 20.8 Å². The Hall–Kier alpha value is -2.63. The average Bonchev–Trinajstić information content (AvgIpc) is 2.58. The second-order valence-electron chi connectivity index (χ2n) is 5.94. The summed E-state index contributed by atoms with van der Waals surface area (Å²) >= 11 is 0. The van der Waals surface area contributed by atoms with E-state index in [1.54, 1.807) is 13.0 Å². The first-order valence-corrected chi connectivity index (χ1v) is 8.19. The fraction of sp³-hybridized carbons (Fsp3) is 0.421. The molecule has 0 aromatic heterocycles. The van der Waals surface area contributed by atoms with Crippen molar-refractivity contribution >= 4 is 23.9 Å². The molecule has 136 valence electrons. The minimum atomic E-state index is -0.445. The van der Waals surface area contributed by atoms with Gasteiger partial charge in [0.15, 0.2) is 0 Å². The van der Waals surface area contributed by atoms with E-state index in [1.807, 2.05) is 31.2 Å². The van der Waals surface area contributed by atoms with E-state index in [0.717, 1.165) is 11.1 Å². The Morgan fingerprint density at radius 2 is 1.88 bits per heavy atom. The largest absolute Gasteiger partial charge is 0.469 e. The van der Waals surface area contributed by atoms with E-state index in [1.165, 1.54) is 25.0 Å². The van der Waals surface area contributed by atoms with E-state index < -0.39 is 5.92 Å². The Balaban J connectivity index is 2.77. The first kappa shape index (κ1) is 20.4. The van der Waals surface area contributed by atoms with Crippen LogP contribution in [0.5, 0.6) is 0 Å². The lowest BCUT2D eigenvalue weighted by atomic mass is 10.1. The lowest BCUT2D eigenvalue weighted by Gasteiger charge is -2.24. The first-order valence-electron chi connectivity index (χ1n) is 8.19. The standard InChI is InChI=1S/C19H26N2O4/c1-14-5-7-17(8-6-14)9-10-18(23)21(12-11-20-16(3)22)13-15(2)19(24)25-4/h5-10,15H,11-13H2,1-4H3,(H,20,22)/b10-9+. The van der Waals surface area contributed by atoms with E-state index in [-0.39, 0.29) is 24.3 Å². The zero-order chi connectivity index (χ0) is 18.8. The van der Waals surface area contributed by atoms with Crippen LogP contribution in [0, 0.1) is 12.8 Å². The van der Waals surface area contributed by atoms with Crippen LogP contribution in [0.2, 0.25) is 0 Å². The molecule has 1 aromatic rings. The van der Waals surface area contributed by atoms with E-state index in [4.69, 9.17) is 4.74 Å². The molecule has 6 heteroatoms. The number of benzene rings is 1. The van der Waals surface area contributed by atoms with Crippen LogP contribution in [0.1, 0.15) is 25.0 Å². The van der Waals surface area contributed by atoms with Crippen molar-refractivity contribution in [3.63, 3.8) is 0 Å². The molecule has 0 bridgehead atoms. The van der Waals surface area contributed by atoms with Crippen molar-refractivity contribution in [2.24, 2.45) is 5.92 Å². The third-order valence-corrected chi connectivity index (χ3v) is 3.66. The summed E-state index contributed by atoms with van der Waals surface area (Å²) in [7, 11) is 1.32. The molecule has 0 heterocycles. The number of rotatable bonds is 8. The van der Waals surface area contributed by atoms with Gasteiger partial charge in [-0.15, -0.1) is 0 Å². The first-order chi connectivity index (χ1) is 11.8. The lowest BCUT2D eigenvalue weighted by molar-refractivity contribution is -0.146. The highest BCUT2D eigenvalue weighted by Gasteiger charge is 2.20. The number of hydrogen-bond acceptors (Lipinski definition) is 4. The normalized spacial score (nSPS) is 11.8. The Bertz CT molecular complexity index is 623. The highest BCUT2D eigenvalue weighted by molar-refractivity contribution is 5.92. The van der Waals surface area contributed by atoms with Crippen LogP contribution in [0.3, 0.4) is 0 Å². The molecule has 0 aliphatic carbocycles. The molecule has 0 saturated carbocycles. The third kappa shape index (κ3) is 7.65. The zero-order valence-corrected chi connectivity index (χ0v) is 15.2. The van der Waals surface area contributed by atoms with E-state index >= 15 is 0 Å². The number of carbonyl (C=O) groups excluding carboxylic acids is 3. The number of methoxy groups -OCH3 is 1. The summed E-state index contributed by atoms with van der Waals surface area (Å²) < 4.78 is 4.71. The second-order valence-corrected chi connectivity index (χ2v) is 5.94. The Labute approximate surface area is 148 Å². The number of amides is 2. The second kappa shape index (κ2) is 10.3. The van der Waals surface area contributed by atoms with Crippen molar-refractivity contribution in [1.29, 1.82) is 0 Å². The Morgan fingerprint density at radius 1 is 1.24 bits per heavy atom. The van der Waals surface area contributed by atoms with Crippen LogP contribution < -0.4 is 5.32 Å². The molecule has 0 fully saturated rings. The molecule has 2 amide bonds. The molecule has 0 radical (unpaired) electrons. The molecule has 0 spiro atoms. The third-order valence-electron chi connectivity index (χ3n) is 3.66. The Kier molecular flexibility index (Phi) is 8.39. The maximum Gasteiger partial charge on any atom is 0.310 e. The maximum atomic E-state index is 12.5. The number of aryl methyl sites for hydroxylation is 1. The quantitative estimate of drug-likeness (QED) is 0.575. The smallest absolute Gasteiger partial charge is 0.310 e. The van der Waals surface area contributed by atoms with Crippen LogP contribution in [-0.2, 0) is 19.1 Å². The summed E-state index contributed by atoms with van der Waals surface area (Å²) in [6, 6.07) is 7.80. The average molecular weight is 346 g/mol. The molecular weight excluding hydrogens is 320 g/mol. The number of nitrogens with zero attached hydrogens (tertiary/aromatic N) is 1. The van der Waals surface area contributed by atoms with Gasteiger partial charge in [0.05, 0.1) is 13.0 Å². The van der Waals surface area contributed by atoms with Crippen molar-refractivity contribution in [1.82, 2.24) is 10.2 Å². The molecular formula is C19H26N2O4. The number of ether oxygens (including phenoxy) is 1. The number of carbonyl (C=O) groups is 3. The molecule has 1 aromatic carbocycles. The summed E-state index contributed by atoms with van der Waals surface area (Å²) in [5.41, 5.74) is 2.06. The predicted octanol–water partition coefficient (Wildman–Crippen LogP) is 1.78. The molecule has 1 N–H and O–H groups in total. The van der Waals surface area contributed by atoms with Crippen LogP contribution in [0.25, 0.3) is 6.08 Å². The van der Waals surface area contributed by atoms with Gasteiger partial charge in [-0.25, -0.2) is 0 Å². The van der Waals surface area contributed by atoms with Gasteiger partial charge in [-0.2, -0.15) is 0 Å². The monoisotopic (exact) mass is 346 g/mol.